The molecule has 0 amide bonds. The molecule has 0 saturated carbocycles. The van der Waals surface area contributed by atoms with Crippen LogP contribution in [0.25, 0.3) is 11.0 Å². The van der Waals surface area contributed by atoms with Gasteiger partial charge < -0.3 is 9.72 Å². The summed E-state index contributed by atoms with van der Waals surface area (Å²) < 4.78 is 5.29. The highest BCUT2D eigenvalue weighted by molar-refractivity contribution is 6.18. The predicted octanol–water partition coefficient (Wildman–Crippen LogP) is 2.38. The van der Waals surface area contributed by atoms with Crippen molar-refractivity contribution >= 4 is 22.6 Å². The number of fused-ring (bicyclic) bond motifs is 1. The number of aromatic nitrogens is 2. The smallest absolute Gasteiger partial charge is 0.104 e. The first-order valence-corrected chi connectivity index (χ1v) is 5.88. The van der Waals surface area contributed by atoms with Crippen molar-refractivity contribution < 1.29 is 4.74 Å². The van der Waals surface area contributed by atoms with Crippen LogP contribution in [0.2, 0.25) is 0 Å². The van der Waals surface area contributed by atoms with E-state index in [1.807, 2.05) is 13.0 Å². The van der Waals surface area contributed by atoms with Crippen LogP contribution in [-0.4, -0.2) is 29.1 Å². The minimum absolute atomic E-state index is 0.00869. The molecule has 1 saturated heterocycles. The largest absolute Gasteiger partial charge is 0.379 e. The van der Waals surface area contributed by atoms with Crippen molar-refractivity contribution in [3.8, 4) is 0 Å². The lowest BCUT2D eigenvalue weighted by Crippen LogP contribution is -2.48. The van der Waals surface area contributed by atoms with E-state index in [9.17, 15) is 0 Å². The molecule has 3 nitrogen and oxygen atoms in total. The van der Waals surface area contributed by atoms with Crippen LogP contribution in [0.3, 0.4) is 0 Å². The van der Waals surface area contributed by atoms with E-state index in [0.717, 1.165) is 30.1 Å². The number of aromatic amines is 1. The predicted molar refractivity (Wildman–Crippen MR) is 64.0 cm³/mol. The summed E-state index contributed by atoms with van der Waals surface area (Å²) in [5, 5.41) is 0. The number of imidazole rings is 1. The van der Waals surface area contributed by atoms with E-state index >= 15 is 0 Å². The van der Waals surface area contributed by atoms with Gasteiger partial charge in [-0.25, -0.2) is 4.98 Å². The van der Waals surface area contributed by atoms with Crippen LogP contribution in [0.5, 0.6) is 0 Å². The second-order valence-corrected chi connectivity index (χ2v) is 4.73. The maximum atomic E-state index is 6.05. The second-order valence-electron chi connectivity index (χ2n) is 4.46. The van der Waals surface area contributed by atoms with Gasteiger partial charge in [0.25, 0.3) is 0 Å². The van der Waals surface area contributed by atoms with Gasteiger partial charge >= 0.3 is 0 Å². The molecule has 0 unspecified atom stereocenters. The zero-order valence-electron chi connectivity index (χ0n) is 9.09. The van der Waals surface area contributed by atoms with Gasteiger partial charge in [-0.05, 0) is 24.6 Å². The molecule has 16 heavy (non-hydrogen) atoms. The molecule has 0 spiro atoms. The number of alkyl halides is 1. The van der Waals surface area contributed by atoms with Crippen molar-refractivity contribution in [3.63, 3.8) is 0 Å². The summed E-state index contributed by atoms with van der Waals surface area (Å²) in [5.74, 6) is 1.54. The molecule has 84 valence electrons. The highest BCUT2D eigenvalue weighted by Crippen LogP contribution is 2.34. The standard InChI is InChI=1S/C12H13ClN2O/c1-8-14-10-3-2-9(4-11(10)15-8)12(5-13)6-16-7-12/h2-4H,5-7H2,1H3,(H,14,15). The van der Waals surface area contributed by atoms with Gasteiger partial charge in [0.1, 0.15) is 5.82 Å². The van der Waals surface area contributed by atoms with Gasteiger partial charge in [0.2, 0.25) is 0 Å². The Morgan fingerprint density at radius 1 is 1.50 bits per heavy atom. The lowest BCUT2D eigenvalue weighted by atomic mass is 9.80. The number of nitrogens with zero attached hydrogens (tertiary/aromatic N) is 1. The number of aryl methyl sites for hydroxylation is 1. The molecule has 1 aromatic carbocycles. The summed E-state index contributed by atoms with van der Waals surface area (Å²) in [6.45, 7) is 3.40. The van der Waals surface area contributed by atoms with Gasteiger partial charge in [0.05, 0.1) is 29.7 Å². The first-order chi connectivity index (χ1) is 7.73. The summed E-state index contributed by atoms with van der Waals surface area (Å²) in [4.78, 5) is 7.63. The van der Waals surface area contributed by atoms with Crippen molar-refractivity contribution in [3.05, 3.63) is 29.6 Å². The molecule has 3 rings (SSSR count). The summed E-state index contributed by atoms with van der Waals surface area (Å²) in [6, 6.07) is 6.29. The van der Waals surface area contributed by atoms with Crippen LogP contribution in [0.1, 0.15) is 11.4 Å². The first kappa shape index (κ1) is 10.1. The van der Waals surface area contributed by atoms with Crippen molar-refractivity contribution in [2.45, 2.75) is 12.3 Å². The number of hydrogen-bond donors (Lipinski definition) is 1. The molecule has 0 aliphatic carbocycles. The zero-order chi connectivity index (χ0) is 11.2. The van der Waals surface area contributed by atoms with E-state index in [1.54, 1.807) is 0 Å². The number of rotatable bonds is 2. The number of ether oxygens (including phenoxy) is 1. The Morgan fingerprint density at radius 3 is 2.94 bits per heavy atom. The topological polar surface area (TPSA) is 37.9 Å². The molecule has 1 fully saturated rings. The highest BCUT2D eigenvalue weighted by atomic mass is 35.5. The van der Waals surface area contributed by atoms with Crippen LogP contribution in [-0.2, 0) is 10.2 Å². The van der Waals surface area contributed by atoms with E-state index in [4.69, 9.17) is 16.3 Å². The Bertz CT molecular complexity index is 525. The number of H-pyrrole nitrogens is 1. The number of nitrogens with one attached hydrogen (secondary N) is 1. The molecule has 4 heteroatoms. The third-order valence-electron chi connectivity index (χ3n) is 3.23. The van der Waals surface area contributed by atoms with Gasteiger partial charge in [-0.3, -0.25) is 0 Å². The average molecular weight is 237 g/mol. The van der Waals surface area contributed by atoms with Gasteiger partial charge in [0, 0.05) is 5.88 Å². The van der Waals surface area contributed by atoms with Crippen LogP contribution < -0.4 is 0 Å². The van der Waals surface area contributed by atoms with Crippen molar-refractivity contribution in [1.82, 2.24) is 9.97 Å². The minimum atomic E-state index is 0.00869. The van der Waals surface area contributed by atoms with E-state index in [0.29, 0.717) is 5.88 Å². The molecule has 1 aliphatic heterocycles. The van der Waals surface area contributed by atoms with Crippen LogP contribution in [0, 0.1) is 6.92 Å². The van der Waals surface area contributed by atoms with Gasteiger partial charge in [-0.1, -0.05) is 6.07 Å². The number of benzene rings is 1. The van der Waals surface area contributed by atoms with Gasteiger partial charge in [-0.2, -0.15) is 0 Å². The van der Waals surface area contributed by atoms with Crippen molar-refractivity contribution in [1.29, 1.82) is 0 Å². The van der Waals surface area contributed by atoms with E-state index < -0.39 is 0 Å². The van der Waals surface area contributed by atoms with Crippen molar-refractivity contribution in [2.75, 3.05) is 19.1 Å². The fourth-order valence-corrected chi connectivity index (χ4v) is 2.45. The fourth-order valence-electron chi connectivity index (χ4n) is 2.14. The maximum absolute atomic E-state index is 6.05. The Balaban J connectivity index is 2.10. The van der Waals surface area contributed by atoms with E-state index in [2.05, 4.69) is 22.1 Å². The van der Waals surface area contributed by atoms with Crippen LogP contribution >= 0.6 is 11.6 Å². The summed E-state index contributed by atoms with van der Waals surface area (Å²) in [7, 11) is 0. The average Bonchev–Trinajstić information content (AvgIpc) is 2.56. The Morgan fingerprint density at radius 2 is 2.31 bits per heavy atom. The third-order valence-corrected chi connectivity index (χ3v) is 3.74. The lowest BCUT2D eigenvalue weighted by molar-refractivity contribution is -0.0479. The SMILES string of the molecule is Cc1nc2ccc(C3(CCl)COC3)cc2[nH]1. The monoisotopic (exact) mass is 236 g/mol. The minimum Gasteiger partial charge on any atom is -0.379 e. The quantitative estimate of drug-likeness (QED) is 0.813. The molecule has 2 heterocycles. The highest BCUT2D eigenvalue weighted by Gasteiger charge is 2.39. The maximum Gasteiger partial charge on any atom is 0.104 e. The number of hydrogen-bond acceptors (Lipinski definition) is 2. The summed E-state index contributed by atoms with van der Waals surface area (Å²) in [5.41, 5.74) is 3.33. The van der Waals surface area contributed by atoms with Crippen LogP contribution in [0.15, 0.2) is 18.2 Å². The fraction of sp³-hybridized carbons (Fsp3) is 0.417. The second kappa shape index (κ2) is 3.47. The Labute approximate surface area is 98.8 Å². The van der Waals surface area contributed by atoms with Crippen molar-refractivity contribution in [2.24, 2.45) is 0 Å². The molecule has 2 aromatic rings. The lowest BCUT2D eigenvalue weighted by Gasteiger charge is -2.40. The molecule has 1 aromatic heterocycles. The molecule has 0 atom stereocenters. The molecule has 1 aliphatic rings. The zero-order valence-corrected chi connectivity index (χ0v) is 9.84. The van der Waals surface area contributed by atoms with E-state index in [1.165, 1.54) is 5.56 Å². The Kier molecular flexibility index (Phi) is 2.19. The molecular formula is C12H13ClN2O. The molecular weight excluding hydrogens is 224 g/mol. The van der Waals surface area contributed by atoms with Crippen LogP contribution in [0.4, 0.5) is 0 Å². The molecule has 0 radical (unpaired) electrons. The van der Waals surface area contributed by atoms with Gasteiger partial charge in [-0.15, -0.1) is 11.6 Å². The molecule has 0 bridgehead atoms. The first-order valence-electron chi connectivity index (χ1n) is 5.34. The molecule has 1 N–H and O–H groups in total. The third kappa shape index (κ3) is 1.35. The normalized spacial score (nSPS) is 18.6. The Hall–Kier alpha value is -1.06. The van der Waals surface area contributed by atoms with Gasteiger partial charge in [0.15, 0.2) is 0 Å². The summed E-state index contributed by atoms with van der Waals surface area (Å²) in [6.07, 6.45) is 0. The number of halogens is 1. The summed E-state index contributed by atoms with van der Waals surface area (Å²) >= 11 is 6.05. The van der Waals surface area contributed by atoms with E-state index in [-0.39, 0.29) is 5.41 Å².